The van der Waals surface area contributed by atoms with Gasteiger partial charge in [-0.1, -0.05) is 0 Å². The normalized spacial score (nSPS) is 10.9. The fourth-order valence-corrected chi connectivity index (χ4v) is 1.24. The number of amides is 1. The van der Waals surface area contributed by atoms with Crippen molar-refractivity contribution in [2.75, 3.05) is 5.32 Å². The lowest BCUT2D eigenvalue weighted by molar-refractivity contribution is -0.274. The third-order valence-corrected chi connectivity index (χ3v) is 1.92. The van der Waals surface area contributed by atoms with Gasteiger partial charge in [-0.25, -0.2) is 0 Å². The van der Waals surface area contributed by atoms with E-state index in [-0.39, 0.29) is 11.3 Å². The Morgan fingerprint density at radius 2 is 1.83 bits per heavy atom. The quantitative estimate of drug-likeness (QED) is 0.851. The van der Waals surface area contributed by atoms with Crippen LogP contribution in [0, 0.1) is 0 Å². The van der Waals surface area contributed by atoms with Gasteiger partial charge in [-0.15, -0.1) is 13.2 Å². The third-order valence-electron chi connectivity index (χ3n) is 1.92. The fourth-order valence-electron chi connectivity index (χ4n) is 1.24. The molecule has 18 heavy (non-hydrogen) atoms. The highest BCUT2D eigenvalue weighted by Gasteiger charge is 2.32. The van der Waals surface area contributed by atoms with Gasteiger partial charge in [0.15, 0.2) is 11.5 Å². The zero-order valence-corrected chi connectivity index (χ0v) is 9.59. The SMILES string of the molecule is CC(=O)Nc1ccc(C(C)=O)cc1OC(F)(F)F. The van der Waals surface area contributed by atoms with Crippen LogP contribution in [0.3, 0.4) is 0 Å². The smallest absolute Gasteiger partial charge is 0.404 e. The lowest BCUT2D eigenvalue weighted by atomic mass is 10.1. The molecule has 0 atom stereocenters. The predicted octanol–water partition coefficient (Wildman–Crippen LogP) is 2.75. The van der Waals surface area contributed by atoms with Crippen LogP contribution in [0.15, 0.2) is 18.2 Å². The Morgan fingerprint density at radius 3 is 2.28 bits per heavy atom. The van der Waals surface area contributed by atoms with Crippen LogP contribution in [-0.4, -0.2) is 18.1 Å². The van der Waals surface area contributed by atoms with E-state index in [9.17, 15) is 22.8 Å². The van der Waals surface area contributed by atoms with E-state index < -0.39 is 23.8 Å². The number of alkyl halides is 3. The Kier molecular flexibility index (Phi) is 3.95. The molecule has 0 aliphatic rings. The van der Waals surface area contributed by atoms with E-state index in [2.05, 4.69) is 10.1 Å². The maximum absolute atomic E-state index is 12.2. The summed E-state index contributed by atoms with van der Waals surface area (Å²) in [7, 11) is 0. The molecule has 0 heterocycles. The van der Waals surface area contributed by atoms with Gasteiger partial charge in [-0.2, -0.15) is 0 Å². The van der Waals surface area contributed by atoms with Crippen LogP contribution >= 0.6 is 0 Å². The second-order valence-electron chi connectivity index (χ2n) is 3.50. The lowest BCUT2D eigenvalue weighted by Crippen LogP contribution is -2.19. The van der Waals surface area contributed by atoms with Crippen LogP contribution in [0.25, 0.3) is 0 Å². The molecule has 7 heteroatoms. The number of carbonyl (C=O) groups excluding carboxylic acids is 2. The van der Waals surface area contributed by atoms with Crippen molar-refractivity contribution in [2.24, 2.45) is 0 Å². The summed E-state index contributed by atoms with van der Waals surface area (Å²) in [5, 5.41) is 2.19. The maximum Gasteiger partial charge on any atom is 0.573 e. The molecule has 98 valence electrons. The zero-order valence-electron chi connectivity index (χ0n) is 9.59. The van der Waals surface area contributed by atoms with Gasteiger partial charge in [-0.05, 0) is 25.1 Å². The van der Waals surface area contributed by atoms with Crippen molar-refractivity contribution in [3.8, 4) is 5.75 Å². The maximum atomic E-state index is 12.2. The highest BCUT2D eigenvalue weighted by atomic mass is 19.4. The first kappa shape index (κ1) is 14.0. The van der Waals surface area contributed by atoms with Crippen molar-refractivity contribution < 1.29 is 27.5 Å². The van der Waals surface area contributed by atoms with Crippen LogP contribution < -0.4 is 10.1 Å². The minimum absolute atomic E-state index is 0.0587. The number of hydrogen-bond acceptors (Lipinski definition) is 3. The second-order valence-corrected chi connectivity index (χ2v) is 3.50. The number of Topliss-reactive ketones (excluding diaryl/α,β-unsaturated/α-hetero) is 1. The van der Waals surface area contributed by atoms with Gasteiger partial charge in [0.05, 0.1) is 5.69 Å². The number of ketones is 1. The van der Waals surface area contributed by atoms with Crippen LogP contribution in [-0.2, 0) is 4.79 Å². The molecule has 0 unspecified atom stereocenters. The van der Waals surface area contributed by atoms with Gasteiger partial charge in [-0.3, -0.25) is 9.59 Å². The molecular formula is C11H10F3NO3. The number of benzene rings is 1. The molecule has 1 rings (SSSR count). The van der Waals surface area contributed by atoms with Crippen LogP contribution in [0.1, 0.15) is 24.2 Å². The van der Waals surface area contributed by atoms with E-state index in [1.54, 1.807) is 0 Å². The van der Waals surface area contributed by atoms with Crippen molar-refractivity contribution in [1.29, 1.82) is 0 Å². The molecule has 0 aromatic heterocycles. The largest absolute Gasteiger partial charge is 0.573 e. The molecule has 0 bridgehead atoms. The van der Waals surface area contributed by atoms with Crippen LogP contribution in [0.4, 0.5) is 18.9 Å². The Morgan fingerprint density at radius 1 is 1.22 bits per heavy atom. The summed E-state index contributed by atoms with van der Waals surface area (Å²) in [4.78, 5) is 21.9. The molecule has 1 aromatic carbocycles. The van der Waals surface area contributed by atoms with Gasteiger partial charge in [0.25, 0.3) is 0 Å². The highest BCUT2D eigenvalue weighted by Crippen LogP contribution is 2.31. The number of nitrogens with one attached hydrogen (secondary N) is 1. The molecule has 0 spiro atoms. The number of ether oxygens (including phenoxy) is 1. The van der Waals surface area contributed by atoms with Crippen molar-refractivity contribution >= 4 is 17.4 Å². The molecule has 0 aliphatic heterocycles. The predicted molar refractivity (Wildman–Crippen MR) is 57.4 cm³/mol. The minimum Gasteiger partial charge on any atom is -0.404 e. The number of hydrogen-bond donors (Lipinski definition) is 1. The van der Waals surface area contributed by atoms with E-state index in [1.165, 1.54) is 19.1 Å². The Bertz CT molecular complexity index is 483. The summed E-state index contributed by atoms with van der Waals surface area (Å²) in [6.45, 7) is 2.36. The third kappa shape index (κ3) is 4.08. The Hall–Kier alpha value is -2.05. The number of rotatable bonds is 3. The molecule has 0 saturated heterocycles. The molecule has 1 amide bonds. The van der Waals surface area contributed by atoms with E-state index in [0.29, 0.717) is 0 Å². The molecule has 1 N–H and O–H groups in total. The van der Waals surface area contributed by atoms with Gasteiger partial charge in [0, 0.05) is 12.5 Å². The van der Waals surface area contributed by atoms with Gasteiger partial charge in [0.2, 0.25) is 5.91 Å². The molecule has 4 nitrogen and oxygen atoms in total. The molecule has 1 aromatic rings. The van der Waals surface area contributed by atoms with Crippen LogP contribution in [0.2, 0.25) is 0 Å². The average molecular weight is 261 g/mol. The fraction of sp³-hybridized carbons (Fsp3) is 0.273. The Labute approximate surface area is 101 Å². The van der Waals surface area contributed by atoms with Gasteiger partial charge < -0.3 is 10.1 Å². The number of carbonyl (C=O) groups is 2. The summed E-state index contributed by atoms with van der Waals surface area (Å²) < 4.78 is 40.3. The standard InChI is InChI=1S/C11H10F3NO3/c1-6(16)8-3-4-9(15-7(2)17)10(5-8)18-11(12,13)14/h3-5H,1-2H3,(H,15,17). The molecular weight excluding hydrogens is 251 g/mol. The zero-order chi connectivity index (χ0) is 13.9. The van der Waals surface area contributed by atoms with E-state index in [4.69, 9.17) is 0 Å². The highest BCUT2D eigenvalue weighted by molar-refractivity contribution is 5.96. The number of anilines is 1. The Balaban J connectivity index is 3.17. The topological polar surface area (TPSA) is 55.4 Å². The van der Waals surface area contributed by atoms with Gasteiger partial charge in [0.1, 0.15) is 0 Å². The van der Waals surface area contributed by atoms with Crippen molar-refractivity contribution in [3.63, 3.8) is 0 Å². The molecule has 0 saturated carbocycles. The minimum atomic E-state index is -4.90. The first-order valence-electron chi connectivity index (χ1n) is 4.87. The second kappa shape index (κ2) is 5.07. The average Bonchev–Trinajstić information content (AvgIpc) is 2.17. The van der Waals surface area contributed by atoms with Gasteiger partial charge >= 0.3 is 6.36 Å². The monoisotopic (exact) mass is 261 g/mol. The summed E-state index contributed by atoms with van der Waals surface area (Å²) in [5.74, 6) is -1.57. The summed E-state index contributed by atoms with van der Waals surface area (Å²) in [6.07, 6.45) is -4.90. The molecule has 0 aliphatic carbocycles. The first-order valence-corrected chi connectivity index (χ1v) is 4.87. The molecule has 0 radical (unpaired) electrons. The molecule has 0 fully saturated rings. The first-order chi connectivity index (χ1) is 8.19. The lowest BCUT2D eigenvalue weighted by Gasteiger charge is -2.14. The summed E-state index contributed by atoms with van der Waals surface area (Å²) in [6, 6.07) is 3.41. The van der Waals surface area contributed by atoms with E-state index in [1.807, 2.05) is 0 Å². The summed E-state index contributed by atoms with van der Waals surface area (Å²) >= 11 is 0. The van der Waals surface area contributed by atoms with E-state index in [0.717, 1.165) is 13.0 Å². The van der Waals surface area contributed by atoms with Crippen molar-refractivity contribution in [1.82, 2.24) is 0 Å². The van der Waals surface area contributed by atoms with Crippen LogP contribution in [0.5, 0.6) is 5.75 Å². The van der Waals surface area contributed by atoms with Crippen molar-refractivity contribution in [3.05, 3.63) is 23.8 Å². The van der Waals surface area contributed by atoms with Crippen molar-refractivity contribution in [2.45, 2.75) is 20.2 Å². The number of halogens is 3. The summed E-state index contributed by atoms with van der Waals surface area (Å²) in [5.41, 5.74) is -0.0897. The van der Waals surface area contributed by atoms with E-state index >= 15 is 0 Å².